The first kappa shape index (κ1) is 11.0. The maximum Gasteiger partial charge on any atom is 0.336 e. The number of primary amides is 1. The smallest absolute Gasteiger partial charge is 0.336 e. The van der Waals surface area contributed by atoms with Crippen molar-refractivity contribution in [1.82, 2.24) is 0 Å². The second kappa shape index (κ2) is 4.41. The van der Waals surface area contributed by atoms with Gasteiger partial charge in [0.1, 0.15) is 0 Å². The van der Waals surface area contributed by atoms with Crippen molar-refractivity contribution < 1.29 is 14.7 Å². The summed E-state index contributed by atoms with van der Waals surface area (Å²) in [5.74, 6) is -1.88. The van der Waals surface area contributed by atoms with Gasteiger partial charge >= 0.3 is 5.97 Å². The molecular formula is C11H11NO3. The number of amides is 1. The van der Waals surface area contributed by atoms with E-state index in [-0.39, 0.29) is 11.1 Å². The number of carbonyl (C=O) groups excluding carboxylic acids is 1. The molecule has 1 rings (SSSR count). The lowest BCUT2D eigenvalue weighted by molar-refractivity contribution is -0.130. The van der Waals surface area contributed by atoms with Gasteiger partial charge in [-0.3, -0.25) is 4.79 Å². The van der Waals surface area contributed by atoms with Crippen molar-refractivity contribution in [3.63, 3.8) is 0 Å². The first-order valence-corrected chi connectivity index (χ1v) is 4.33. The minimum Gasteiger partial charge on any atom is -0.478 e. The van der Waals surface area contributed by atoms with E-state index in [9.17, 15) is 9.59 Å². The summed E-state index contributed by atoms with van der Waals surface area (Å²) in [5.41, 5.74) is 5.52. The second-order valence-corrected chi connectivity index (χ2v) is 3.04. The Balaban J connectivity index is 3.34. The summed E-state index contributed by atoms with van der Waals surface area (Å²) < 4.78 is 0. The highest BCUT2D eigenvalue weighted by Crippen LogP contribution is 2.18. The van der Waals surface area contributed by atoms with Crippen LogP contribution in [-0.2, 0) is 9.59 Å². The van der Waals surface area contributed by atoms with Gasteiger partial charge in [-0.25, -0.2) is 4.79 Å². The van der Waals surface area contributed by atoms with E-state index >= 15 is 0 Å². The van der Waals surface area contributed by atoms with Crippen LogP contribution in [0.2, 0.25) is 0 Å². The van der Waals surface area contributed by atoms with Gasteiger partial charge in [0.2, 0.25) is 5.91 Å². The zero-order chi connectivity index (χ0) is 11.4. The summed E-state index contributed by atoms with van der Waals surface area (Å²) in [4.78, 5) is 21.9. The van der Waals surface area contributed by atoms with E-state index in [1.165, 1.54) is 6.92 Å². The molecule has 1 aromatic rings. The zero-order valence-corrected chi connectivity index (χ0v) is 8.23. The predicted molar refractivity (Wildman–Crippen MR) is 55.9 cm³/mol. The minimum absolute atomic E-state index is 0.0497. The molecule has 0 spiro atoms. The third-order valence-corrected chi connectivity index (χ3v) is 2.02. The fourth-order valence-electron chi connectivity index (χ4n) is 1.23. The van der Waals surface area contributed by atoms with Crippen molar-refractivity contribution in [2.45, 2.75) is 6.92 Å². The number of hydrogen-bond acceptors (Lipinski definition) is 2. The molecule has 0 bridgehead atoms. The maximum absolute atomic E-state index is 11.0. The van der Waals surface area contributed by atoms with Gasteiger partial charge in [0.05, 0.1) is 5.57 Å². The van der Waals surface area contributed by atoms with Crippen molar-refractivity contribution in [1.29, 1.82) is 0 Å². The summed E-state index contributed by atoms with van der Waals surface area (Å²) in [6, 6.07) is 8.41. The fraction of sp³-hybridized carbons (Fsp3) is 0.0909. The van der Waals surface area contributed by atoms with Crippen LogP contribution in [0.1, 0.15) is 12.5 Å². The lowest BCUT2D eigenvalue weighted by atomic mass is 10.0. The summed E-state index contributed by atoms with van der Waals surface area (Å²) in [7, 11) is 0. The summed E-state index contributed by atoms with van der Waals surface area (Å²) in [6.07, 6.45) is 0. The standard InChI is InChI=1S/C11H11NO3/c1-7(10(12)13)9(11(14)15)8-5-3-2-4-6-8/h2-6H,1H3,(H2,12,13)(H,14,15)/b9-7-. The van der Waals surface area contributed by atoms with Crippen LogP contribution < -0.4 is 5.73 Å². The number of benzene rings is 1. The van der Waals surface area contributed by atoms with Gasteiger partial charge in [-0.05, 0) is 12.5 Å². The SMILES string of the molecule is C/C(C(N)=O)=C(/C(=O)O)c1ccccc1. The third-order valence-electron chi connectivity index (χ3n) is 2.02. The average molecular weight is 205 g/mol. The number of hydrogen-bond donors (Lipinski definition) is 2. The van der Waals surface area contributed by atoms with Crippen LogP contribution in [0.3, 0.4) is 0 Å². The molecule has 0 unspecified atom stereocenters. The Bertz CT molecular complexity index is 421. The molecular weight excluding hydrogens is 194 g/mol. The molecule has 0 saturated carbocycles. The summed E-state index contributed by atoms with van der Waals surface area (Å²) in [6.45, 7) is 1.40. The average Bonchev–Trinajstić information content (AvgIpc) is 2.18. The van der Waals surface area contributed by atoms with E-state index in [0.717, 1.165) is 0 Å². The first-order chi connectivity index (χ1) is 7.04. The van der Waals surface area contributed by atoms with Crippen LogP contribution in [0.4, 0.5) is 0 Å². The quantitative estimate of drug-likeness (QED) is 0.723. The van der Waals surface area contributed by atoms with E-state index in [0.29, 0.717) is 5.56 Å². The van der Waals surface area contributed by atoms with Crippen LogP contribution in [0.25, 0.3) is 5.57 Å². The Morgan fingerprint density at radius 3 is 2.13 bits per heavy atom. The fourth-order valence-corrected chi connectivity index (χ4v) is 1.23. The monoisotopic (exact) mass is 205 g/mol. The van der Waals surface area contributed by atoms with E-state index in [1.807, 2.05) is 0 Å². The summed E-state index contributed by atoms with van der Waals surface area (Å²) >= 11 is 0. The lowest BCUT2D eigenvalue weighted by Gasteiger charge is -2.05. The van der Waals surface area contributed by atoms with Gasteiger partial charge in [-0.1, -0.05) is 30.3 Å². The third kappa shape index (κ3) is 2.43. The Labute approximate surface area is 87.0 Å². The molecule has 78 valence electrons. The van der Waals surface area contributed by atoms with Gasteiger partial charge in [0, 0.05) is 5.57 Å². The molecule has 0 aliphatic carbocycles. The molecule has 0 aromatic heterocycles. The van der Waals surface area contributed by atoms with E-state index in [2.05, 4.69) is 0 Å². The van der Waals surface area contributed by atoms with Crippen molar-refractivity contribution in [2.24, 2.45) is 5.73 Å². The molecule has 4 heteroatoms. The van der Waals surface area contributed by atoms with E-state index in [1.54, 1.807) is 30.3 Å². The first-order valence-electron chi connectivity index (χ1n) is 4.33. The van der Waals surface area contributed by atoms with Crippen molar-refractivity contribution >= 4 is 17.4 Å². The van der Waals surface area contributed by atoms with Crippen molar-refractivity contribution in [3.05, 3.63) is 41.5 Å². The molecule has 0 heterocycles. The van der Waals surface area contributed by atoms with Gasteiger partial charge in [0.15, 0.2) is 0 Å². The van der Waals surface area contributed by atoms with Gasteiger partial charge in [-0.2, -0.15) is 0 Å². The van der Waals surface area contributed by atoms with Gasteiger partial charge in [-0.15, -0.1) is 0 Å². The topological polar surface area (TPSA) is 80.4 Å². The minimum atomic E-state index is -1.16. The van der Waals surface area contributed by atoms with Crippen LogP contribution in [-0.4, -0.2) is 17.0 Å². The number of carboxylic acid groups (broad SMARTS) is 1. The normalized spacial score (nSPS) is 11.8. The highest BCUT2D eigenvalue weighted by atomic mass is 16.4. The highest BCUT2D eigenvalue weighted by molar-refractivity contribution is 6.22. The molecule has 1 aromatic carbocycles. The Kier molecular flexibility index (Phi) is 3.23. The number of rotatable bonds is 3. The second-order valence-electron chi connectivity index (χ2n) is 3.04. The maximum atomic E-state index is 11.0. The van der Waals surface area contributed by atoms with Crippen molar-refractivity contribution in [3.8, 4) is 0 Å². The number of nitrogens with two attached hydrogens (primary N) is 1. The lowest BCUT2D eigenvalue weighted by Crippen LogP contribution is -2.16. The molecule has 0 aliphatic heterocycles. The largest absolute Gasteiger partial charge is 0.478 e. The van der Waals surface area contributed by atoms with Crippen LogP contribution in [0.15, 0.2) is 35.9 Å². The number of carboxylic acids is 1. The molecule has 15 heavy (non-hydrogen) atoms. The predicted octanol–water partition coefficient (Wildman–Crippen LogP) is 1.03. The molecule has 0 aliphatic rings. The van der Waals surface area contributed by atoms with Gasteiger partial charge in [0.25, 0.3) is 0 Å². The molecule has 0 radical (unpaired) electrons. The Morgan fingerprint density at radius 1 is 1.20 bits per heavy atom. The van der Waals surface area contributed by atoms with Gasteiger partial charge < -0.3 is 10.8 Å². The number of carbonyl (C=O) groups is 2. The van der Waals surface area contributed by atoms with E-state index < -0.39 is 11.9 Å². The molecule has 0 atom stereocenters. The Morgan fingerprint density at radius 2 is 1.73 bits per heavy atom. The molecule has 4 nitrogen and oxygen atoms in total. The van der Waals surface area contributed by atoms with Crippen LogP contribution in [0.5, 0.6) is 0 Å². The van der Waals surface area contributed by atoms with Crippen molar-refractivity contribution in [2.75, 3.05) is 0 Å². The molecule has 0 fully saturated rings. The molecule has 0 saturated heterocycles. The number of aliphatic carboxylic acids is 1. The molecule has 3 N–H and O–H groups in total. The molecule has 1 amide bonds. The zero-order valence-electron chi connectivity index (χ0n) is 8.23. The highest BCUT2D eigenvalue weighted by Gasteiger charge is 2.16. The Hall–Kier alpha value is -2.10. The van der Waals surface area contributed by atoms with E-state index in [4.69, 9.17) is 10.8 Å². The summed E-state index contributed by atoms with van der Waals surface area (Å²) in [5, 5.41) is 8.98. The van der Waals surface area contributed by atoms with Crippen LogP contribution in [0, 0.1) is 0 Å². The van der Waals surface area contributed by atoms with Crippen LogP contribution >= 0.6 is 0 Å².